The second kappa shape index (κ2) is 9.38. The number of unbranched alkanes of at least 4 members (excludes halogenated alkanes) is 1. The average molecular weight is 216 g/mol. The molecule has 0 amide bonds. The molecule has 84 valence electrons. The number of nitrogens with one attached hydrogen (secondary N) is 1. The van der Waals surface area contributed by atoms with Crippen LogP contribution in [0.1, 0.15) is 46.5 Å². The predicted octanol–water partition coefficient (Wildman–Crippen LogP) is 3.58. The summed E-state index contributed by atoms with van der Waals surface area (Å²) in [6.45, 7) is 8.61. The van der Waals surface area contributed by atoms with Crippen LogP contribution in [-0.4, -0.2) is 28.9 Å². The quantitative estimate of drug-likeness (QED) is 0.400. The highest BCUT2D eigenvalue weighted by Crippen LogP contribution is 2.10. The molecule has 0 aliphatic heterocycles. The van der Waals surface area contributed by atoms with Crippen LogP contribution in [0, 0.1) is 5.41 Å². The summed E-state index contributed by atoms with van der Waals surface area (Å²) in [7, 11) is 0. The molecule has 0 aromatic heterocycles. The zero-order valence-electron chi connectivity index (χ0n) is 9.81. The number of amidine groups is 1. The summed E-state index contributed by atoms with van der Waals surface area (Å²) in [6, 6.07) is 0. The predicted molar refractivity (Wildman–Crippen MR) is 67.2 cm³/mol. The largest absolute Gasteiger partial charge is 0.352 e. The highest BCUT2D eigenvalue weighted by Gasteiger charge is 2.07. The van der Waals surface area contributed by atoms with Crippen LogP contribution >= 0.6 is 11.8 Å². The minimum Gasteiger partial charge on any atom is -0.352 e. The molecule has 0 spiro atoms. The van der Waals surface area contributed by atoms with Gasteiger partial charge in [-0.1, -0.05) is 39.0 Å². The summed E-state index contributed by atoms with van der Waals surface area (Å²) in [5, 5.41) is 8.69. The van der Waals surface area contributed by atoms with Gasteiger partial charge in [-0.3, -0.25) is 5.41 Å². The summed E-state index contributed by atoms with van der Waals surface area (Å²) in [4.78, 5) is 2.19. The topological polar surface area (TPSA) is 27.1 Å². The first kappa shape index (κ1) is 13.8. The third kappa shape index (κ3) is 6.30. The van der Waals surface area contributed by atoms with Gasteiger partial charge in [0.1, 0.15) is 0 Å². The van der Waals surface area contributed by atoms with Crippen molar-refractivity contribution in [3.63, 3.8) is 0 Å². The molecule has 0 rings (SSSR count). The normalized spacial score (nSPS) is 10.2. The van der Waals surface area contributed by atoms with Crippen LogP contribution in [0.4, 0.5) is 0 Å². The molecule has 0 radical (unpaired) electrons. The molecular formula is C11H24N2S. The molecule has 0 aliphatic carbocycles. The zero-order valence-corrected chi connectivity index (χ0v) is 10.6. The third-order valence-corrected chi connectivity index (χ3v) is 3.04. The summed E-state index contributed by atoms with van der Waals surface area (Å²) in [6.07, 6.45) is 4.72. The van der Waals surface area contributed by atoms with Gasteiger partial charge in [0.2, 0.25) is 0 Å². The third-order valence-electron chi connectivity index (χ3n) is 2.01. The summed E-state index contributed by atoms with van der Waals surface area (Å²) in [5.74, 6) is 1.10. The lowest BCUT2D eigenvalue weighted by Gasteiger charge is -2.23. The fourth-order valence-electron chi connectivity index (χ4n) is 1.26. The Hall–Kier alpha value is -0.180. The molecule has 1 N–H and O–H groups in total. The lowest BCUT2D eigenvalue weighted by Crippen LogP contribution is -2.29. The second-order valence-electron chi connectivity index (χ2n) is 3.49. The number of rotatable bonds is 7. The lowest BCUT2D eigenvalue weighted by molar-refractivity contribution is 0.422. The van der Waals surface area contributed by atoms with E-state index in [1.807, 2.05) is 0 Å². The van der Waals surface area contributed by atoms with Crippen molar-refractivity contribution in [3.8, 4) is 0 Å². The molecule has 0 atom stereocenters. The SMILES string of the molecule is CCCCSC(=N)N(CCC)CCC. The minimum atomic E-state index is 0.766. The Labute approximate surface area is 93.0 Å². The van der Waals surface area contributed by atoms with E-state index < -0.39 is 0 Å². The Morgan fingerprint density at radius 2 is 1.64 bits per heavy atom. The highest BCUT2D eigenvalue weighted by atomic mass is 32.2. The van der Waals surface area contributed by atoms with Crippen LogP contribution in [-0.2, 0) is 0 Å². The van der Waals surface area contributed by atoms with Crippen molar-refractivity contribution in [1.82, 2.24) is 4.90 Å². The van der Waals surface area contributed by atoms with Crippen LogP contribution in [0.5, 0.6) is 0 Å². The molecule has 0 saturated heterocycles. The maximum atomic E-state index is 7.92. The van der Waals surface area contributed by atoms with Gasteiger partial charge in [-0.2, -0.15) is 0 Å². The Morgan fingerprint density at radius 1 is 1.07 bits per heavy atom. The molecule has 0 fully saturated rings. The molecule has 0 aromatic rings. The molecule has 0 unspecified atom stereocenters. The molecule has 0 aromatic carbocycles. The number of hydrogen-bond donors (Lipinski definition) is 1. The Bertz CT molecular complexity index is 142. The van der Waals surface area contributed by atoms with Gasteiger partial charge in [0.25, 0.3) is 0 Å². The fraction of sp³-hybridized carbons (Fsp3) is 0.909. The van der Waals surface area contributed by atoms with E-state index in [0.717, 1.165) is 36.9 Å². The second-order valence-corrected chi connectivity index (χ2v) is 4.58. The van der Waals surface area contributed by atoms with Gasteiger partial charge in [0.05, 0.1) is 0 Å². The Kier molecular flexibility index (Phi) is 9.26. The van der Waals surface area contributed by atoms with E-state index in [1.165, 1.54) is 12.8 Å². The van der Waals surface area contributed by atoms with Crippen LogP contribution in [0.15, 0.2) is 0 Å². The maximum Gasteiger partial charge on any atom is 0.156 e. The van der Waals surface area contributed by atoms with Gasteiger partial charge in [-0.25, -0.2) is 0 Å². The van der Waals surface area contributed by atoms with Crippen LogP contribution in [0.2, 0.25) is 0 Å². The van der Waals surface area contributed by atoms with Crippen molar-refractivity contribution in [2.75, 3.05) is 18.8 Å². The Morgan fingerprint density at radius 3 is 2.07 bits per heavy atom. The summed E-state index contributed by atoms with van der Waals surface area (Å²) in [5.41, 5.74) is 0. The zero-order chi connectivity index (χ0) is 10.8. The van der Waals surface area contributed by atoms with Gasteiger partial charge >= 0.3 is 0 Å². The van der Waals surface area contributed by atoms with E-state index in [-0.39, 0.29) is 0 Å². The first-order chi connectivity index (χ1) is 6.76. The molecule has 0 saturated carbocycles. The van der Waals surface area contributed by atoms with Gasteiger partial charge in [-0.15, -0.1) is 0 Å². The van der Waals surface area contributed by atoms with Crippen LogP contribution in [0.25, 0.3) is 0 Å². The Balaban J connectivity index is 3.76. The van der Waals surface area contributed by atoms with Gasteiger partial charge in [0, 0.05) is 18.8 Å². The number of hydrogen-bond acceptors (Lipinski definition) is 2. The maximum absolute atomic E-state index is 7.92. The lowest BCUT2D eigenvalue weighted by atomic mass is 10.4. The van der Waals surface area contributed by atoms with Crippen molar-refractivity contribution in [2.45, 2.75) is 46.5 Å². The molecular weight excluding hydrogens is 192 g/mol. The standard InChI is InChI=1S/C11H24N2S/c1-4-7-10-14-11(12)13(8-5-2)9-6-3/h12H,4-10H2,1-3H3. The first-order valence-corrected chi connectivity index (χ1v) is 6.71. The van der Waals surface area contributed by atoms with Crippen LogP contribution < -0.4 is 0 Å². The molecule has 0 heterocycles. The van der Waals surface area contributed by atoms with E-state index in [0.29, 0.717) is 0 Å². The molecule has 2 nitrogen and oxygen atoms in total. The van der Waals surface area contributed by atoms with Crippen molar-refractivity contribution in [2.24, 2.45) is 0 Å². The fourth-order valence-corrected chi connectivity index (χ4v) is 2.25. The van der Waals surface area contributed by atoms with Gasteiger partial charge < -0.3 is 4.90 Å². The number of thioether (sulfide) groups is 1. The first-order valence-electron chi connectivity index (χ1n) is 5.72. The van der Waals surface area contributed by atoms with Crippen LogP contribution in [0.3, 0.4) is 0 Å². The van der Waals surface area contributed by atoms with Gasteiger partial charge in [0.15, 0.2) is 5.17 Å². The van der Waals surface area contributed by atoms with E-state index in [9.17, 15) is 0 Å². The van der Waals surface area contributed by atoms with E-state index in [1.54, 1.807) is 11.8 Å². The average Bonchev–Trinajstić information content (AvgIpc) is 2.18. The van der Waals surface area contributed by atoms with Gasteiger partial charge in [-0.05, 0) is 19.3 Å². The smallest absolute Gasteiger partial charge is 0.156 e. The molecule has 3 heteroatoms. The molecule has 0 bridgehead atoms. The van der Waals surface area contributed by atoms with E-state index in [4.69, 9.17) is 5.41 Å². The van der Waals surface area contributed by atoms with E-state index >= 15 is 0 Å². The summed E-state index contributed by atoms with van der Waals surface area (Å²) < 4.78 is 0. The van der Waals surface area contributed by atoms with Crippen molar-refractivity contribution in [1.29, 1.82) is 5.41 Å². The minimum absolute atomic E-state index is 0.766. The molecule has 14 heavy (non-hydrogen) atoms. The molecule has 0 aliphatic rings. The van der Waals surface area contributed by atoms with Crippen molar-refractivity contribution >= 4 is 16.9 Å². The van der Waals surface area contributed by atoms with Crippen molar-refractivity contribution in [3.05, 3.63) is 0 Å². The van der Waals surface area contributed by atoms with Crippen molar-refractivity contribution < 1.29 is 0 Å². The monoisotopic (exact) mass is 216 g/mol. The number of nitrogens with zero attached hydrogens (tertiary/aromatic N) is 1. The summed E-state index contributed by atoms with van der Waals surface area (Å²) >= 11 is 1.70. The highest BCUT2D eigenvalue weighted by molar-refractivity contribution is 8.13. The van der Waals surface area contributed by atoms with E-state index in [2.05, 4.69) is 25.7 Å².